The maximum absolute atomic E-state index is 11.8. The molecule has 1 aromatic carbocycles. The molecule has 2 amide bonds. The van der Waals surface area contributed by atoms with Crippen molar-refractivity contribution in [3.63, 3.8) is 0 Å². The Hall–Kier alpha value is -2.28. The van der Waals surface area contributed by atoms with E-state index in [1.165, 1.54) is 6.92 Å². The van der Waals surface area contributed by atoms with Gasteiger partial charge in [0.2, 0.25) is 0 Å². The van der Waals surface area contributed by atoms with Crippen LogP contribution in [-0.4, -0.2) is 48.5 Å². The molecule has 116 valence electrons. The second kappa shape index (κ2) is 6.94. The van der Waals surface area contributed by atoms with E-state index in [4.69, 9.17) is 5.11 Å². The first-order valence-corrected chi connectivity index (χ1v) is 6.48. The average molecular weight is 295 g/mol. The number of carboxylic acid groups (broad SMARTS) is 1. The van der Waals surface area contributed by atoms with E-state index in [9.17, 15) is 14.7 Å². The topological polar surface area (TPSA) is 102 Å². The van der Waals surface area contributed by atoms with Gasteiger partial charge >= 0.3 is 12.0 Å². The largest absolute Gasteiger partial charge is 0.480 e. The molecular weight excluding hydrogens is 274 g/mol. The zero-order valence-electron chi connectivity index (χ0n) is 12.5. The summed E-state index contributed by atoms with van der Waals surface area (Å²) in [6, 6.07) is 3.32. The Morgan fingerprint density at radius 3 is 2.38 bits per heavy atom. The van der Waals surface area contributed by atoms with E-state index in [-0.39, 0.29) is 0 Å². The molecule has 0 aliphatic heterocycles. The van der Waals surface area contributed by atoms with Crippen LogP contribution in [0.1, 0.15) is 12.5 Å². The minimum atomic E-state index is -1.36. The number of hydrogen-bond donors (Lipinski definition) is 4. The summed E-state index contributed by atoms with van der Waals surface area (Å²) in [5, 5.41) is 23.0. The Kier molecular flexibility index (Phi) is 5.54. The maximum Gasteiger partial charge on any atom is 0.328 e. The first-order valence-electron chi connectivity index (χ1n) is 6.48. The van der Waals surface area contributed by atoms with Gasteiger partial charge in [-0.2, -0.15) is 0 Å². The third kappa shape index (κ3) is 4.64. The Bertz CT molecular complexity index is 529. The smallest absolute Gasteiger partial charge is 0.328 e. The highest BCUT2D eigenvalue weighted by Crippen LogP contribution is 2.22. The lowest BCUT2D eigenvalue weighted by Gasteiger charge is -2.19. The van der Waals surface area contributed by atoms with Gasteiger partial charge in [-0.05, 0) is 31.5 Å². The lowest BCUT2D eigenvalue weighted by molar-refractivity contribution is -0.141. The van der Waals surface area contributed by atoms with E-state index in [0.29, 0.717) is 5.69 Å². The van der Waals surface area contributed by atoms with E-state index in [2.05, 4.69) is 10.6 Å². The molecule has 7 nitrogen and oxygen atoms in total. The molecule has 1 aromatic rings. The van der Waals surface area contributed by atoms with Crippen molar-refractivity contribution < 1.29 is 19.8 Å². The zero-order chi connectivity index (χ0) is 16.2. The number of nitrogens with one attached hydrogen (secondary N) is 2. The molecule has 21 heavy (non-hydrogen) atoms. The molecule has 2 atom stereocenters. The highest BCUT2D eigenvalue weighted by Gasteiger charge is 2.24. The molecular formula is C14H21N3O4. The number of carbonyl (C=O) groups excluding carboxylic acids is 1. The molecule has 4 N–H and O–H groups in total. The molecule has 2 unspecified atom stereocenters. The van der Waals surface area contributed by atoms with Crippen molar-refractivity contribution in [3.8, 4) is 0 Å². The van der Waals surface area contributed by atoms with Crippen LogP contribution in [0.3, 0.4) is 0 Å². The van der Waals surface area contributed by atoms with Crippen LogP contribution in [0.4, 0.5) is 16.2 Å². The fraction of sp³-hybridized carbons (Fsp3) is 0.429. The van der Waals surface area contributed by atoms with Crippen LogP contribution in [0.25, 0.3) is 0 Å². The van der Waals surface area contributed by atoms with Gasteiger partial charge < -0.3 is 25.7 Å². The summed E-state index contributed by atoms with van der Waals surface area (Å²) in [5.41, 5.74) is 2.54. The Morgan fingerprint density at radius 1 is 1.29 bits per heavy atom. The van der Waals surface area contributed by atoms with Crippen molar-refractivity contribution in [3.05, 3.63) is 23.8 Å². The van der Waals surface area contributed by atoms with Gasteiger partial charge in [-0.25, -0.2) is 9.59 Å². The SMILES string of the molecule is Cc1ccc(NC(=O)NC(C(=O)O)C(C)O)cc1N(C)C. The van der Waals surface area contributed by atoms with Crippen LogP contribution in [-0.2, 0) is 4.79 Å². The minimum Gasteiger partial charge on any atom is -0.480 e. The number of benzene rings is 1. The van der Waals surface area contributed by atoms with Gasteiger partial charge in [-0.1, -0.05) is 6.07 Å². The van der Waals surface area contributed by atoms with Gasteiger partial charge in [0.1, 0.15) is 0 Å². The summed E-state index contributed by atoms with van der Waals surface area (Å²) in [5.74, 6) is -1.29. The van der Waals surface area contributed by atoms with Crippen LogP contribution in [0.5, 0.6) is 0 Å². The number of aliphatic hydroxyl groups is 1. The Labute approximate surface area is 123 Å². The van der Waals surface area contributed by atoms with Crippen molar-refractivity contribution in [1.29, 1.82) is 0 Å². The predicted molar refractivity (Wildman–Crippen MR) is 80.8 cm³/mol. The summed E-state index contributed by atoms with van der Waals surface area (Å²) in [6.45, 7) is 3.25. The standard InChI is InChI=1S/C14H21N3O4/c1-8-5-6-10(7-11(8)17(3)4)15-14(21)16-12(9(2)18)13(19)20/h5-7,9,12,18H,1-4H3,(H,19,20)(H2,15,16,21). The molecule has 0 saturated carbocycles. The highest BCUT2D eigenvalue weighted by atomic mass is 16.4. The first-order chi connectivity index (χ1) is 9.72. The molecule has 7 heteroatoms. The highest BCUT2D eigenvalue weighted by molar-refractivity contribution is 5.93. The van der Waals surface area contributed by atoms with Crippen molar-refractivity contribution in [2.24, 2.45) is 0 Å². The van der Waals surface area contributed by atoms with Crippen molar-refractivity contribution in [2.75, 3.05) is 24.3 Å². The van der Waals surface area contributed by atoms with E-state index in [1.807, 2.05) is 32.0 Å². The number of rotatable bonds is 5. The predicted octanol–water partition coefficient (Wildman–Crippen LogP) is 1.02. The number of aryl methyl sites for hydroxylation is 1. The molecule has 0 radical (unpaired) electrons. The van der Waals surface area contributed by atoms with E-state index in [0.717, 1.165) is 11.3 Å². The molecule has 1 rings (SSSR count). The Morgan fingerprint density at radius 2 is 1.90 bits per heavy atom. The van der Waals surface area contributed by atoms with Gasteiger partial charge in [0.25, 0.3) is 0 Å². The molecule has 0 heterocycles. The monoisotopic (exact) mass is 295 g/mol. The summed E-state index contributed by atoms with van der Waals surface area (Å²) in [7, 11) is 3.78. The number of aliphatic carboxylic acids is 1. The molecule has 0 spiro atoms. The molecule has 0 fully saturated rings. The van der Waals surface area contributed by atoms with Crippen LogP contribution < -0.4 is 15.5 Å². The van der Waals surface area contributed by atoms with Crippen LogP contribution in [0.15, 0.2) is 18.2 Å². The molecule has 0 aliphatic carbocycles. The van der Waals surface area contributed by atoms with Gasteiger partial charge in [0, 0.05) is 25.5 Å². The summed E-state index contributed by atoms with van der Waals surface area (Å²) < 4.78 is 0. The molecule has 0 aromatic heterocycles. The summed E-state index contributed by atoms with van der Waals surface area (Å²) in [4.78, 5) is 24.6. The summed E-state index contributed by atoms with van der Waals surface area (Å²) >= 11 is 0. The van der Waals surface area contributed by atoms with Crippen molar-refractivity contribution in [2.45, 2.75) is 26.0 Å². The van der Waals surface area contributed by atoms with Gasteiger partial charge in [-0.15, -0.1) is 0 Å². The zero-order valence-corrected chi connectivity index (χ0v) is 12.5. The second-order valence-corrected chi connectivity index (χ2v) is 5.05. The van der Waals surface area contributed by atoms with E-state index < -0.39 is 24.1 Å². The minimum absolute atomic E-state index is 0.538. The maximum atomic E-state index is 11.8. The Balaban J connectivity index is 2.79. The average Bonchev–Trinajstić information content (AvgIpc) is 2.37. The van der Waals surface area contributed by atoms with Gasteiger partial charge in [-0.3, -0.25) is 0 Å². The molecule has 0 aliphatic rings. The number of carboxylic acids is 1. The second-order valence-electron chi connectivity index (χ2n) is 5.05. The first kappa shape index (κ1) is 16.8. The number of aliphatic hydroxyl groups excluding tert-OH is 1. The fourth-order valence-corrected chi connectivity index (χ4v) is 1.87. The van der Waals surface area contributed by atoms with Crippen LogP contribution in [0, 0.1) is 6.92 Å². The molecule has 0 saturated heterocycles. The third-order valence-electron chi connectivity index (χ3n) is 2.98. The number of amides is 2. The summed E-state index contributed by atoms with van der Waals surface area (Å²) in [6.07, 6.45) is -1.19. The molecule has 0 bridgehead atoms. The number of carbonyl (C=O) groups is 2. The normalized spacial score (nSPS) is 13.2. The number of hydrogen-bond acceptors (Lipinski definition) is 4. The van der Waals surface area contributed by atoms with Gasteiger partial charge in [0.15, 0.2) is 6.04 Å². The number of anilines is 2. The third-order valence-corrected chi connectivity index (χ3v) is 2.98. The van der Waals surface area contributed by atoms with Crippen molar-refractivity contribution >= 4 is 23.4 Å². The quantitative estimate of drug-likeness (QED) is 0.649. The number of urea groups is 1. The van der Waals surface area contributed by atoms with E-state index in [1.54, 1.807) is 12.1 Å². The van der Waals surface area contributed by atoms with Gasteiger partial charge in [0.05, 0.1) is 6.10 Å². The fourth-order valence-electron chi connectivity index (χ4n) is 1.87. The lowest BCUT2D eigenvalue weighted by Crippen LogP contribution is -2.49. The van der Waals surface area contributed by atoms with E-state index >= 15 is 0 Å². The number of nitrogens with zero attached hydrogens (tertiary/aromatic N) is 1. The van der Waals surface area contributed by atoms with Crippen molar-refractivity contribution in [1.82, 2.24) is 5.32 Å². The van der Waals surface area contributed by atoms with Crippen LogP contribution in [0.2, 0.25) is 0 Å². The lowest BCUT2D eigenvalue weighted by atomic mass is 10.1. The van der Waals surface area contributed by atoms with Crippen LogP contribution >= 0.6 is 0 Å².